The van der Waals surface area contributed by atoms with Gasteiger partial charge in [0, 0.05) is 16.6 Å². The fourth-order valence-electron chi connectivity index (χ4n) is 3.93. The Balaban J connectivity index is 1.64. The molecule has 1 aliphatic carbocycles. The van der Waals surface area contributed by atoms with Gasteiger partial charge in [-0.25, -0.2) is 9.59 Å². The number of hydrogen-bond acceptors (Lipinski definition) is 6. The second kappa shape index (κ2) is 5.65. The van der Waals surface area contributed by atoms with Gasteiger partial charge in [-0.1, -0.05) is 6.92 Å². The summed E-state index contributed by atoms with van der Waals surface area (Å²) in [4.78, 5) is 24.7. The van der Waals surface area contributed by atoms with E-state index in [4.69, 9.17) is 18.3 Å². The van der Waals surface area contributed by atoms with E-state index in [9.17, 15) is 9.59 Å². The number of carbonyl (C=O) groups is 2. The van der Waals surface area contributed by atoms with Gasteiger partial charge in [-0.2, -0.15) is 0 Å². The number of cyclic esters (lactones) is 1. The van der Waals surface area contributed by atoms with Crippen LogP contribution in [0.2, 0.25) is 0 Å². The Hall–Kier alpha value is -2.76. The zero-order valence-corrected chi connectivity index (χ0v) is 14.0. The van der Waals surface area contributed by atoms with Crippen LogP contribution < -0.4 is 0 Å². The van der Waals surface area contributed by atoms with Gasteiger partial charge < -0.3 is 18.3 Å². The lowest BCUT2D eigenvalue weighted by Gasteiger charge is -2.36. The van der Waals surface area contributed by atoms with E-state index < -0.39 is 17.5 Å². The van der Waals surface area contributed by atoms with Crippen molar-refractivity contribution in [2.24, 2.45) is 5.41 Å². The van der Waals surface area contributed by atoms with Gasteiger partial charge in [0.15, 0.2) is 0 Å². The van der Waals surface area contributed by atoms with Crippen molar-refractivity contribution in [2.45, 2.75) is 38.9 Å². The van der Waals surface area contributed by atoms with Crippen LogP contribution in [0.4, 0.5) is 0 Å². The number of rotatable bonds is 3. The van der Waals surface area contributed by atoms with E-state index in [0.29, 0.717) is 18.4 Å². The van der Waals surface area contributed by atoms with E-state index in [1.807, 2.05) is 19.9 Å². The molecule has 0 unspecified atom stereocenters. The standard InChI is InChI=1S/C19H18O6/c1-11-13(24-17(20)14-4-3-8-23-14)5-7-19(2)15(11)18(21)25-16(19)12-6-9-22-10-12/h3-4,6,8-10,13,16H,5,7H2,1-2H3/t13-,16+,19-/m1/s1. The summed E-state index contributed by atoms with van der Waals surface area (Å²) in [5.74, 6) is -0.738. The Labute approximate surface area is 144 Å². The lowest BCUT2D eigenvalue weighted by molar-refractivity contribution is -0.140. The minimum atomic E-state index is -0.531. The highest BCUT2D eigenvalue weighted by Gasteiger charge is 2.54. The average molecular weight is 342 g/mol. The molecule has 2 aromatic rings. The first-order valence-corrected chi connectivity index (χ1v) is 8.19. The summed E-state index contributed by atoms with van der Waals surface area (Å²) in [6, 6.07) is 4.99. The van der Waals surface area contributed by atoms with Gasteiger partial charge in [-0.05, 0) is 43.5 Å². The predicted octanol–water partition coefficient (Wildman–Crippen LogP) is 3.81. The average Bonchev–Trinajstić information content (AvgIpc) is 3.31. The van der Waals surface area contributed by atoms with E-state index in [-0.39, 0.29) is 17.8 Å². The molecule has 25 heavy (non-hydrogen) atoms. The van der Waals surface area contributed by atoms with Gasteiger partial charge in [0.25, 0.3) is 0 Å². The summed E-state index contributed by atoms with van der Waals surface area (Å²) in [6.07, 6.45) is 5.02. The van der Waals surface area contributed by atoms with Gasteiger partial charge in [-0.3, -0.25) is 0 Å². The highest BCUT2D eigenvalue weighted by molar-refractivity contribution is 5.94. The predicted molar refractivity (Wildman–Crippen MR) is 85.5 cm³/mol. The van der Waals surface area contributed by atoms with Crippen molar-refractivity contribution in [1.29, 1.82) is 0 Å². The van der Waals surface area contributed by atoms with Crippen molar-refractivity contribution in [3.05, 3.63) is 59.5 Å². The summed E-state index contributed by atoms with van der Waals surface area (Å²) in [7, 11) is 0. The van der Waals surface area contributed by atoms with Crippen LogP contribution in [0.15, 0.2) is 57.0 Å². The molecular formula is C19H18O6. The first-order valence-electron chi connectivity index (χ1n) is 8.19. The largest absolute Gasteiger partial charge is 0.472 e. The quantitative estimate of drug-likeness (QED) is 0.789. The number of esters is 2. The maximum absolute atomic E-state index is 12.5. The van der Waals surface area contributed by atoms with E-state index in [1.165, 1.54) is 6.26 Å². The third-order valence-corrected chi connectivity index (χ3v) is 5.20. The van der Waals surface area contributed by atoms with Crippen LogP contribution in [0.5, 0.6) is 0 Å². The minimum Gasteiger partial charge on any atom is -0.472 e. The molecule has 6 heteroatoms. The van der Waals surface area contributed by atoms with Crippen LogP contribution in [0, 0.1) is 5.41 Å². The van der Waals surface area contributed by atoms with Crippen molar-refractivity contribution in [3.63, 3.8) is 0 Å². The molecule has 0 spiro atoms. The molecule has 4 rings (SSSR count). The molecule has 3 heterocycles. The molecular weight excluding hydrogens is 324 g/mol. The van der Waals surface area contributed by atoms with Crippen LogP contribution in [0.25, 0.3) is 0 Å². The zero-order valence-electron chi connectivity index (χ0n) is 14.0. The first-order chi connectivity index (χ1) is 12.0. The maximum Gasteiger partial charge on any atom is 0.374 e. The van der Waals surface area contributed by atoms with Gasteiger partial charge in [-0.15, -0.1) is 0 Å². The Bertz CT molecular complexity index is 829. The lowest BCUT2D eigenvalue weighted by atomic mass is 9.67. The van der Waals surface area contributed by atoms with Crippen molar-refractivity contribution < 1.29 is 27.9 Å². The molecule has 2 aliphatic rings. The minimum absolute atomic E-state index is 0.149. The Morgan fingerprint density at radius 2 is 2.16 bits per heavy atom. The molecule has 3 atom stereocenters. The highest BCUT2D eigenvalue weighted by atomic mass is 16.6. The fourth-order valence-corrected chi connectivity index (χ4v) is 3.93. The summed E-state index contributed by atoms with van der Waals surface area (Å²) >= 11 is 0. The second-order valence-electron chi connectivity index (χ2n) is 6.73. The van der Waals surface area contributed by atoms with Crippen molar-refractivity contribution in [2.75, 3.05) is 0 Å². The molecule has 0 N–H and O–H groups in total. The zero-order chi connectivity index (χ0) is 17.6. The molecule has 1 fully saturated rings. The van der Waals surface area contributed by atoms with Crippen LogP contribution >= 0.6 is 0 Å². The van der Waals surface area contributed by atoms with Crippen LogP contribution in [-0.2, 0) is 14.3 Å². The van der Waals surface area contributed by atoms with Gasteiger partial charge in [0.05, 0.1) is 18.8 Å². The number of furan rings is 2. The molecule has 0 bridgehead atoms. The van der Waals surface area contributed by atoms with E-state index in [2.05, 4.69) is 0 Å². The molecule has 0 amide bonds. The SMILES string of the molecule is CC1=C2C(=O)O[C@@H](c3ccoc3)[C@]2(C)CC[C@H]1OC(=O)c1ccco1. The molecule has 0 saturated carbocycles. The van der Waals surface area contributed by atoms with Crippen LogP contribution in [-0.4, -0.2) is 18.0 Å². The number of hydrogen-bond donors (Lipinski definition) is 0. The maximum atomic E-state index is 12.5. The normalized spacial score (nSPS) is 28.6. The molecule has 0 radical (unpaired) electrons. The van der Waals surface area contributed by atoms with Gasteiger partial charge >= 0.3 is 11.9 Å². The smallest absolute Gasteiger partial charge is 0.374 e. The molecule has 2 aromatic heterocycles. The number of carbonyl (C=O) groups excluding carboxylic acids is 2. The monoisotopic (exact) mass is 342 g/mol. The van der Waals surface area contributed by atoms with Crippen molar-refractivity contribution in [1.82, 2.24) is 0 Å². The summed E-state index contributed by atoms with van der Waals surface area (Å²) in [5.41, 5.74) is 1.72. The third kappa shape index (κ3) is 2.40. The summed E-state index contributed by atoms with van der Waals surface area (Å²) in [6.45, 7) is 3.84. The highest BCUT2D eigenvalue weighted by Crippen LogP contribution is 2.56. The molecule has 0 aromatic carbocycles. The third-order valence-electron chi connectivity index (χ3n) is 5.20. The Morgan fingerprint density at radius 3 is 2.84 bits per heavy atom. The van der Waals surface area contributed by atoms with Crippen LogP contribution in [0.1, 0.15) is 48.9 Å². The summed E-state index contributed by atoms with van der Waals surface area (Å²) in [5, 5.41) is 0. The topological polar surface area (TPSA) is 78.9 Å². The lowest BCUT2D eigenvalue weighted by Crippen LogP contribution is -2.34. The molecule has 1 aliphatic heterocycles. The van der Waals surface area contributed by atoms with E-state index in [0.717, 1.165) is 11.1 Å². The van der Waals surface area contributed by atoms with Gasteiger partial charge in [0.2, 0.25) is 5.76 Å². The Kier molecular flexibility index (Phi) is 3.56. The molecule has 1 saturated heterocycles. The summed E-state index contributed by atoms with van der Waals surface area (Å²) < 4.78 is 21.4. The molecule has 130 valence electrons. The first kappa shape index (κ1) is 15.7. The number of fused-ring (bicyclic) bond motifs is 1. The van der Waals surface area contributed by atoms with Crippen molar-refractivity contribution >= 4 is 11.9 Å². The van der Waals surface area contributed by atoms with E-state index in [1.54, 1.807) is 24.7 Å². The number of ether oxygens (including phenoxy) is 2. The Morgan fingerprint density at radius 1 is 1.32 bits per heavy atom. The van der Waals surface area contributed by atoms with Gasteiger partial charge in [0.1, 0.15) is 12.2 Å². The molecule has 6 nitrogen and oxygen atoms in total. The fraction of sp³-hybridized carbons (Fsp3) is 0.368. The van der Waals surface area contributed by atoms with E-state index >= 15 is 0 Å². The van der Waals surface area contributed by atoms with Crippen LogP contribution in [0.3, 0.4) is 0 Å². The van der Waals surface area contributed by atoms with Crippen molar-refractivity contribution in [3.8, 4) is 0 Å². The second-order valence-corrected chi connectivity index (χ2v) is 6.73.